The predicted molar refractivity (Wildman–Crippen MR) is 122 cm³/mol. The summed E-state index contributed by atoms with van der Waals surface area (Å²) in [5.74, 6) is 0.0577. The van der Waals surface area contributed by atoms with E-state index in [2.05, 4.69) is 40.1 Å². The third-order valence-electron chi connectivity index (χ3n) is 6.30. The standard InChI is InChI=1S/C24H28N6O/c1-27-9-11-28(12-10-27)21-8-7-18-15-29(16-19(18)13-21)24(31)14-23-22(25)17-30(26-23)20-5-3-2-4-6-20/h2-8,13,17H,9-12,14-16,25H2,1H3. The summed E-state index contributed by atoms with van der Waals surface area (Å²) < 4.78 is 1.74. The van der Waals surface area contributed by atoms with Crippen LogP contribution in [0.2, 0.25) is 0 Å². The number of piperazine rings is 1. The number of rotatable bonds is 4. The van der Waals surface area contributed by atoms with Crippen LogP contribution in [0.25, 0.3) is 5.69 Å². The second-order valence-electron chi connectivity index (χ2n) is 8.48. The maximum atomic E-state index is 13.0. The van der Waals surface area contributed by atoms with Crippen molar-refractivity contribution in [2.45, 2.75) is 19.5 Å². The summed E-state index contributed by atoms with van der Waals surface area (Å²) in [5, 5.41) is 4.56. The first-order valence-corrected chi connectivity index (χ1v) is 10.8. The molecule has 3 aromatic rings. The van der Waals surface area contributed by atoms with Crippen LogP contribution in [-0.2, 0) is 24.3 Å². The summed E-state index contributed by atoms with van der Waals surface area (Å²) in [6, 6.07) is 16.4. The van der Waals surface area contributed by atoms with E-state index in [1.54, 1.807) is 10.9 Å². The molecule has 1 fully saturated rings. The van der Waals surface area contributed by atoms with Gasteiger partial charge in [-0.05, 0) is 42.4 Å². The molecule has 3 heterocycles. The highest BCUT2D eigenvalue weighted by Crippen LogP contribution is 2.28. The molecular weight excluding hydrogens is 388 g/mol. The Kier molecular flexibility index (Phi) is 5.11. The zero-order valence-corrected chi connectivity index (χ0v) is 17.9. The molecular formula is C24H28N6O. The number of carbonyl (C=O) groups excluding carboxylic acids is 1. The van der Waals surface area contributed by atoms with Crippen molar-refractivity contribution < 1.29 is 4.79 Å². The zero-order chi connectivity index (χ0) is 21.4. The van der Waals surface area contributed by atoms with Crippen molar-refractivity contribution in [2.24, 2.45) is 0 Å². The average Bonchev–Trinajstić information content (AvgIpc) is 3.38. The van der Waals surface area contributed by atoms with Crippen molar-refractivity contribution in [3.8, 4) is 5.69 Å². The number of nitrogens with two attached hydrogens (primary N) is 1. The van der Waals surface area contributed by atoms with E-state index in [9.17, 15) is 4.79 Å². The van der Waals surface area contributed by atoms with Gasteiger partial charge >= 0.3 is 0 Å². The Morgan fingerprint density at radius 1 is 0.968 bits per heavy atom. The van der Waals surface area contributed by atoms with E-state index >= 15 is 0 Å². The number of hydrogen-bond acceptors (Lipinski definition) is 5. The minimum Gasteiger partial charge on any atom is -0.396 e. The number of para-hydroxylation sites is 1. The van der Waals surface area contributed by atoms with Gasteiger partial charge < -0.3 is 20.4 Å². The summed E-state index contributed by atoms with van der Waals surface area (Å²) in [5.41, 5.74) is 12.0. The Labute approximate surface area is 182 Å². The molecule has 2 aliphatic rings. The van der Waals surface area contributed by atoms with Crippen LogP contribution in [0, 0.1) is 0 Å². The monoisotopic (exact) mass is 416 g/mol. The number of anilines is 2. The van der Waals surface area contributed by atoms with Gasteiger partial charge in [0, 0.05) is 45.0 Å². The molecule has 5 rings (SSSR count). The van der Waals surface area contributed by atoms with Gasteiger partial charge in [0.15, 0.2) is 0 Å². The van der Waals surface area contributed by atoms with Crippen LogP contribution in [0.5, 0.6) is 0 Å². The third kappa shape index (κ3) is 4.01. The topological polar surface area (TPSA) is 70.6 Å². The highest BCUT2D eigenvalue weighted by Gasteiger charge is 2.26. The van der Waals surface area contributed by atoms with Gasteiger partial charge in [0.05, 0.1) is 29.7 Å². The number of carbonyl (C=O) groups is 1. The number of benzene rings is 2. The summed E-state index contributed by atoms with van der Waals surface area (Å²) in [7, 11) is 2.17. The highest BCUT2D eigenvalue weighted by molar-refractivity contribution is 5.80. The number of nitrogens with zero attached hydrogens (tertiary/aromatic N) is 5. The fraction of sp³-hybridized carbons (Fsp3) is 0.333. The van der Waals surface area contributed by atoms with Crippen LogP contribution in [0.15, 0.2) is 54.7 Å². The quantitative estimate of drug-likeness (QED) is 0.707. The van der Waals surface area contributed by atoms with Gasteiger partial charge in [-0.2, -0.15) is 5.10 Å². The van der Waals surface area contributed by atoms with Gasteiger partial charge in [-0.15, -0.1) is 0 Å². The van der Waals surface area contributed by atoms with Gasteiger partial charge in [-0.25, -0.2) is 4.68 Å². The lowest BCUT2D eigenvalue weighted by atomic mass is 10.1. The van der Waals surface area contributed by atoms with Crippen molar-refractivity contribution in [3.05, 3.63) is 71.5 Å². The van der Waals surface area contributed by atoms with Crippen molar-refractivity contribution in [1.82, 2.24) is 19.6 Å². The van der Waals surface area contributed by atoms with Crippen molar-refractivity contribution in [3.63, 3.8) is 0 Å². The molecule has 0 atom stereocenters. The number of likely N-dealkylation sites (N-methyl/N-ethyl adjacent to an activating group) is 1. The molecule has 2 aromatic carbocycles. The Bertz CT molecular complexity index is 1080. The van der Waals surface area contributed by atoms with Gasteiger partial charge in [0.2, 0.25) is 5.91 Å². The van der Waals surface area contributed by atoms with Crippen molar-refractivity contribution in [2.75, 3.05) is 43.9 Å². The zero-order valence-electron chi connectivity index (χ0n) is 17.9. The third-order valence-corrected chi connectivity index (χ3v) is 6.30. The molecule has 160 valence electrons. The molecule has 0 spiro atoms. The van der Waals surface area contributed by atoms with Crippen molar-refractivity contribution in [1.29, 1.82) is 0 Å². The highest BCUT2D eigenvalue weighted by atomic mass is 16.2. The molecule has 0 bridgehead atoms. The van der Waals surface area contributed by atoms with E-state index in [1.165, 1.54) is 16.8 Å². The first-order valence-electron chi connectivity index (χ1n) is 10.8. The van der Waals surface area contributed by atoms with Gasteiger partial charge in [-0.1, -0.05) is 24.3 Å². The molecule has 2 N–H and O–H groups in total. The molecule has 7 nitrogen and oxygen atoms in total. The van der Waals surface area contributed by atoms with Crippen LogP contribution >= 0.6 is 0 Å². The van der Waals surface area contributed by atoms with Gasteiger partial charge in [-0.3, -0.25) is 4.79 Å². The summed E-state index contributed by atoms with van der Waals surface area (Å²) in [4.78, 5) is 19.7. The number of fused-ring (bicyclic) bond motifs is 1. The lowest BCUT2D eigenvalue weighted by molar-refractivity contribution is -0.131. The second-order valence-corrected chi connectivity index (χ2v) is 8.48. The van der Waals surface area contributed by atoms with Crippen LogP contribution in [-0.4, -0.2) is 58.7 Å². The number of hydrogen-bond donors (Lipinski definition) is 1. The molecule has 0 saturated carbocycles. The predicted octanol–water partition coefficient (Wildman–Crippen LogP) is 2.29. The maximum absolute atomic E-state index is 13.0. The van der Waals surface area contributed by atoms with Gasteiger partial charge in [0.25, 0.3) is 0 Å². The average molecular weight is 417 g/mol. The normalized spacial score (nSPS) is 16.5. The molecule has 0 unspecified atom stereocenters. The maximum Gasteiger partial charge on any atom is 0.229 e. The molecule has 31 heavy (non-hydrogen) atoms. The van der Waals surface area contributed by atoms with Gasteiger partial charge in [0.1, 0.15) is 0 Å². The minimum absolute atomic E-state index is 0.0577. The van der Waals surface area contributed by atoms with Crippen LogP contribution in [0.1, 0.15) is 16.8 Å². The molecule has 1 amide bonds. The van der Waals surface area contributed by atoms with E-state index in [0.717, 1.165) is 31.9 Å². The van der Waals surface area contributed by atoms with Crippen LogP contribution in [0.4, 0.5) is 11.4 Å². The lowest BCUT2D eigenvalue weighted by Crippen LogP contribution is -2.44. The molecule has 2 aliphatic heterocycles. The number of nitrogen functional groups attached to an aromatic ring is 1. The Morgan fingerprint density at radius 3 is 2.48 bits per heavy atom. The Balaban J connectivity index is 1.26. The number of amides is 1. The summed E-state index contributed by atoms with van der Waals surface area (Å²) in [6.07, 6.45) is 1.99. The SMILES string of the molecule is CN1CCN(c2ccc3c(c2)CN(C(=O)Cc2nn(-c4ccccc4)cc2N)C3)CC1. The first-order chi connectivity index (χ1) is 15.1. The van der Waals surface area contributed by atoms with E-state index < -0.39 is 0 Å². The Hall–Kier alpha value is -3.32. The first kappa shape index (κ1) is 19.6. The molecule has 0 radical (unpaired) electrons. The fourth-order valence-electron chi connectivity index (χ4n) is 4.35. The molecule has 1 aromatic heterocycles. The molecule has 0 aliphatic carbocycles. The van der Waals surface area contributed by atoms with E-state index in [1.807, 2.05) is 35.2 Å². The number of aromatic nitrogens is 2. The summed E-state index contributed by atoms with van der Waals surface area (Å²) >= 11 is 0. The second kappa shape index (κ2) is 8.07. The van der Waals surface area contributed by atoms with E-state index in [4.69, 9.17) is 5.73 Å². The van der Waals surface area contributed by atoms with E-state index in [-0.39, 0.29) is 12.3 Å². The summed E-state index contributed by atoms with van der Waals surface area (Å²) in [6.45, 7) is 5.55. The largest absolute Gasteiger partial charge is 0.396 e. The minimum atomic E-state index is 0.0577. The van der Waals surface area contributed by atoms with E-state index in [0.29, 0.717) is 24.5 Å². The molecule has 1 saturated heterocycles. The van der Waals surface area contributed by atoms with Crippen LogP contribution < -0.4 is 10.6 Å². The molecule has 7 heteroatoms. The smallest absolute Gasteiger partial charge is 0.229 e. The Morgan fingerprint density at radius 2 is 1.71 bits per heavy atom. The lowest BCUT2D eigenvalue weighted by Gasteiger charge is -2.34. The van der Waals surface area contributed by atoms with Crippen LogP contribution in [0.3, 0.4) is 0 Å². The fourth-order valence-corrected chi connectivity index (χ4v) is 4.35. The van der Waals surface area contributed by atoms with Crippen molar-refractivity contribution >= 4 is 17.3 Å².